The average Bonchev–Trinajstić information content (AvgIpc) is 2.55. The molecule has 2 unspecified atom stereocenters. The summed E-state index contributed by atoms with van der Waals surface area (Å²) in [6.45, 7) is 0. The largest absolute Gasteiger partial charge is 0.271 e. The Morgan fingerprint density at radius 2 is 1.62 bits per heavy atom. The Bertz CT molecular complexity index is 714. The van der Waals surface area contributed by atoms with Crippen LogP contribution >= 0.6 is 0 Å². The van der Waals surface area contributed by atoms with Gasteiger partial charge in [-0.05, 0) is 17.5 Å². The van der Waals surface area contributed by atoms with E-state index >= 15 is 0 Å². The number of hydrogen-bond donors (Lipinski definition) is 0. The topological polar surface area (TPSA) is 53.2 Å². The summed E-state index contributed by atoms with van der Waals surface area (Å²) in [5.41, 5.74) is 2.73. The Hall–Kier alpha value is -2.73. The lowest BCUT2D eigenvalue weighted by molar-refractivity contribution is -0.120. The van der Waals surface area contributed by atoms with Gasteiger partial charge in [0, 0.05) is 5.92 Å². The van der Waals surface area contributed by atoms with E-state index in [0.717, 1.165) is 16.8 Å². The highest BCUT2D eigenvalue weighted by Crippen LogP contribution is 2.34. The Morgan fingerprint density at radius 3 is 2.24 bits per heavy atom. The molecule has 0 saturated heterocycles. The van der Waals surface area contributed by atoms with Gasteiger partial charge in [0.2, 0.25) is 0 Å². The molecule has 3 nitrogen and oxygen atoms in total. The molecular formula is C18H14N2O. The molecule has 2 atom stereocenters. The van der Waals surface area contributed by atoms with Gasteiger partial charge >= 0.3 is 0 Å². The molecule has 1 aliphatic heterocycles. The minimum Gasteiger partial charge on any atom is -0.271 e. The molecule has 2 aromatic carbocycles. The second-order valence-electron chi connectivity index (χ2n) is 5.09. The van der Waals surface area contributed by atoms with Crippen LogP contribution in [0.1, 0.15) is 23.5 Å². The van der Waals surface area contributed by atoms with Crippen molar-refractivity contribution in [3.8, 4) is 6.07 Å². The van der Waals surface area contributed by atoms with E-state index in [1.165, 1.54) is 0 Å². The maximum Gasteiger partial charge on any atom is 0.263 e. The first kappa shape index (κ1) is 13.3. The monoisotopic (exact) mass is 274 g/mol. The molecule has 0 saturated carbocycles. The fourth-order valence-electron chi connectivity index (χ4n) is 2.72. The molecule has 0 aliphatic carbocycles. The van der Waals surface area contributed by atoms with Crippen molar-refractivity contribution in [1.82, 2.24) is 0 Å². The molecule has 2 aromatic rings. The number of rotatable bonds is 2. The SMILES string of the molecule is N#CC1C(=O)N=C(c2ccccc2)CC1c1ccccc1. The van der Waals surface area contributed by atoms with Crippen LogP contribution in [0, 0.1) is 17.2 Å². The lowest BCUT2D eigenvalue weighted by Gasteiger charge is -2.25. The Morgan fingerprint density at radius 1 is 1.00 bits per heavy atom. The van der Waals surface area contributed by atoms with Gasteiger partial charge in [0.25, 0.3) is 5.91 Å². The number of carbonyl (C=O) groups is 1. The van der Waals surface area contributed by atoms with Gasteiger partial charge in [-0.2, -0.15) is 5.26 Å². The summed E-state index contributed by atoms with van der Waals surface area (Å²) in [5.74, 6) is -1.16. The maximum atomic E-state index is 12.2. The molecular weight excluding hydrogens is 260 g/mol. The third-order valence-corrected chi connectivity index (χ3v) is 3.80. The van der Waals surface area contributed by atoms with Crippen molar-refractivity contribution in [3.63, 3.8) is 0 Å². The zero-order chi connectivity index (χ0) is 14.7. The van der Waals surface area contributed by atoms with Crippen LogP contribution in [0.25, 0.3) is 0 Å². The van der Waals surface area contributed by atoms with E-state index in [9.17, 15) is 10.1 Å². The number of amides is 1. The van der Waals surface area contributed by atoms with Crippen molar-refractivity contribution in [2.45, 2.75) is 12.3 Å². The predicted molar refractivity (Wildman–Crippen MR) is 80.9 cm³/mol. The zero-order valence-electron chi connectivity index (χ0n) is 11.4. The molecule has 0 radical (unpaired) electrons. The Kier molecular flexibility index (Phi) is 3.61. The predicted octanol–water partition coefficient (Wildman–Crippen LogP) is 3.33. The standard InChI is InChI=1S/C18H14N2O/c19-12-16-15(13-7-3-1-4-8-13)11-17(20-18(16)21)14-9-5-2-6-10-14/h1-10,15-16H,11H2. The van der Waals surface area contributed by atoms with Crippen LogP contribution in [0.15, 0.2) is 65.7 Å². The molecule has 21 heavy (non-hydrogen) atoms. The molecule has 1 heterocycles. The average molecular weight is 274 g/mol. The zero-order valence-corrected chi connectivity index (χ0v) is 11.4. The third kappa shape index (κ3) is 2.61. The molecule has 102 valence electrons. The van der Waals surface area contributed by atoms with Gasteiger partial charge in [-0.3, -0.25) is 4.79 Å². The summed E-state index contributed by atoms with van der Waals surface area (Å²) in [5, 5.41) is 9.31. The van der Waals surface area contributed by atoms with Crippen molar-refractivity contribution < 1.29 is 4.79 Å². The summed E-state index contributed by atoms with van der Waals surface area (Å²) in [6.07, 6.45) is 0.609. The highest BCUT2D eigenvalue weighted by Gasteiger charge is 2.35. The van der Waals surface area contributed by atoms with E-state index in [0.29, 0.717) is 6.42 Å². The van der Waals surface area contributed by atoms with Gasteiger partial charge < -0.3 is 0 Å². The summed E-state index contributed by atoms with van der Waals surface area (Å²) >= 11 is 0. The smallest absolute Gasteiger partial charge is 0.263 e. The highest BCUT2D eigenvalue weighted by molar-refractivity contribution is 6.09. The first-order valence-electron chi connectivity index (χ1n) is 6.91. The summed E-state index contributed by atoms with van der Waals surface area (Å²) in [6, 6.07) is 21.5. The highest BCUT2D eigenvalue weighted by atomic mass is 16.1. The van der Waals surface area contributed by atoms with Crippen LogP contribution in [-0.4, -0.2) is 11.6 Å². The molecule has 0 bridgehead atoms. The van der Waals surface area contributed by atoms with E-state index < -0.39 is 5.92 Å². The minimum atomic E-state index is -0.695. The van der Waals surface area contributed by atoms with Crippen LogP contribution < -0.4 is 0 Å². The van der Waals surface area contributed by atoms with Crippen molar-refractivity contribution in [3.05, 3.63) is 71.8 Å². The molecule has 1 aliphatic rings. The van der Waals surface area contributed by atoms with Crippen molar-refractivity contribution in [2.24, 2.45) is 10.9 Å². The van der Waals surface area contributed by atoms with Gasteiger partial charge in [0.15, 0.2) is 0 Å². The van der Waals surface area contributed by atoms with Crippen molar-refractivity contribution in [2.75, 3.05) is 0 Å². The molecule has 0 aromatic heterocycles. The fraction of sp³-hybridized carbons (Fsp3) is 0.167. The summed E-state index contributed by atoms with van der Waals surface area (Å²) in [7, 11) is 0. The Labute approximate surface area is 123 Å². The van der Waals surface area contributed by atoms with E-state index in [2.05, 4.69) is 11.1 Å². The fourth-order valence-corrected chi connectivity index (χ4v) is 2.72. The number of nitrogens with zero attached hydrogens (tertiary/aromatic N) is 2. The number of benzene rings is 2. The first-order chi connectivity index (χ1) is 10.3. The third-order valence-electron chi connectivity index (χ3n) is 3.80. The number of hydrogen-bond acceptors (Lipinski definition) is 2. The normalized spacial score (nSPS) is 21.5. The molecule has 3 rings (SSSR count). The van der Waals surface area contributed by atoms with Crippen LogP contribution in [0.5, 0.6) is 0 Å². The molecule has 0 spiro atoms. The maximum absolute atomic E-state index is 12.2. The summed E-state index contributed by atoms with van der Waals surface area (Å²) < 4.78 is 0. The van der Waals surface area contributed by atoms with E-state index in [1.54, 1.807) is 0 Å². The first-order valence-corrected chi connectivity index (χ1v) is 6.91. The number of nitriles is 1. The quantitative estimate of drug-likeness (QED) is 0.843. The molecule has 0 N–H and O–H groups in total. The van der Waals surface area contributed by atoms with Crippen LogP contribution in [0.4, 0.5) is 0 Å². The number of aliphatic imine (C=N–C) groups is 1. The molecule has 1 amide bonds. The number of carbonyl (C=O) groups excluding carboxylic acids is 1. The van der Waals surface area contributed by atoms with Crippen molar-refractivity contribution in [1.29, 1.82) is 5.26 Å². The van der Waals surface area contributed by atoms with Gasteiger partial charge in [-0.25, -0.2) is 4.99 Å². The van der Waals surface area contributed by atoms with E-state index in [1.807, 2.05) is 60.7 Å². The second-order valence-corrected chi connectivity index (χ2v) is 5.09. The lowest BCUT2D eigenvalue weighted by atomic mass is 9.79. The second kappa shape index (κ2) is 5.72. The van der Waals surface area contributed by atoms with E-state index in [-0.39, 0.29) is 11.8 Å². The van der Waals surface area contributed by atoms with Crippen LogP contribution in [-0.2, 0) is 4.79 Å². The molecule has 3 heteroatoms. The van der Waals surface area contributed by atoms with Gasteiger partial charge in [-0.1, -0.05) is 60.7 Å². The van der Waals surface area contributed by atoms with Crippen LogP contribution in [0.2, 0.25) is 0 Å². The molecule has 0 fully saturated rings. The van der Waals surface area contributed by atoms with Gasteiger partial charge in [0.05, 0.1) is 11.8 Å². The Balaban J connectivity index is 2.01. The van der Waals surface area contributed by atoms with E-state index in [4.69, 9.17) is 0 Å². The lowest BCUT2D eigenvalue weighted by Crippen LogP contribution is -2.28. The van der Waals surface area contributed by atoms with Gasteiger partial charge in [-0.15, -0.1) is 0 Å². The summed E-state index contributed by atoms with van der Waals surface area (Å²) in [4.78, 5) is 16.3. The van der Waals surface area contributed by atoms with Crippen LogP contribution in [0.3, 0.4) is 0 Å². The minimum absolute atomic E-state index is 0.128. The van der Waals surface area contributed by atoms with Gasteiger partial charge in [0.1, 0.15) is 5.92 Å². The van der Waals surface area contributed by atoms with Crippen molar-refractivity contribution >= 4 is 11.6 Å².